The highest BCUT2D eigenvalue weighted by Gasteiger charge is 2.19. The molecule has 0 aliphatic rings. The Bertz CT molecular complexity index is 689. The molecule has 0 fully saturated rings. The van der Waals surface area contributed by atoms with Crippen LogP contribution in [0.5, 0.6) is 0 Å². The first kappa shape index (κ1) is 15.1. The number of halogens is 3. The third-order valence-corrected chi connectivity index (χ3v) is 3.46. The molecule has 0 spiro atoms. The minimum absolute atomic E-state index is 0.0232. The first-order valence-corrected chi connectivity index (χ1v) is 6.70. The largest absolute Gasteiger partial charge is 0.382 e. The van der Waals surface area contributed by atoms with Gasteiger partial charge in [-0.05, 0) is 6.92 Å². The van der Waals surface area contributed by atoms with Gasteiger partial charge in [-0.25, -0.2) is 18.2 Å². The lowest BCUT2D eigenvalue weighted by atomic mass is 10.2. The molecule has 0 radical (unpaired) electrons. The fourth-order valence-corrected chi connectivity index (χ4v) is 2.40. The fourth-order valence-electron chi connectivity index (χ4n) is 1.55. The van der Waals surface area contributed by atoms with Gasteiger partial charge in [-0.2, -0.15) is 0 Å². The maximum atomic E-state index is 13.5. The van der Waals surface area contributed by atoms with Crippen LogP contribution in [0.15, 0.2) is 12.1 Å². The Kier molecular flexibility index (Phi) is 4.32. The molecule has 0 atom stereocenters. The van der Waals surface area contributed by atoms with Gasteiger partial charge in [-0.15, -0.1) is 0 Å². The van der Waals surface area contributed by atoms with E-state index >= 15 is 0 Å². The van der Waals surface area contributed by atoms with E-state index in [2.05, 4.69) is 15.6 Å². The van der Waals surface area contributed by atoms with Gasteiger partial charge in [-0.1, -0.05) is 11.3 Å². The number of anilines is 3. The number of amides is 1. The van der Waals surface area contributed by atoms with Crippen LogP contribution in [-0.2, 0) is 0 Å². The summed E-state index contributed by atoms with van der Waals surface area (Å²) in [5.41, 5.74) is 4.98. The Morgan fingerprint density at radius 1 is 1.38 bits per heavy atom. The predicted octanol–water partition coefficient (Wildman–Crippen LogP) is 2.83. The molecule has 1 aromatic carbocycles. The smallest absolute Gasteiger partial charge is 0.269 e. The Morgan fingerprint density at radius 2 is 2.10 bits per heavy atom. The molecule has 2 rings (SSSR count). The van der Waals surface area contributed by atoms with Crippen molar-refractivity contribution in [3.8, 4) is 0 Å². The van der Waals surface area contributed by atoms with Crippen molar-refractivity contribution >= 4 is 33.9 Å². The number of hydrogen-bond donors (Lipinski definition) is 3. The zero-order chi connectivity index (χ0) is 15.6. The number of hydrogen-bond acceptors (Lipinski definition) is 5. The normalized spacial score (nSPS) is 10.5. The number of rotatable bonds is 4. The van der Waals surface area contributed by atoms with Crippen LogP contribution in [-0.4, -0.2) is 17.4 Å². The summed E-state index contributed by atoms with van der Waals surface area (Å²) in [6, 6.07) is 1.06. The average molecular weight is 316 g/mol. The molecule has 1 amide bonds. The number of benzene rings is 1. The summed E-state index contributed by atoms with van der Waals surface area (Å²) in [6.07, 6.45) is 0. The second-order valence-corrected chi connectivity index (χ2v) is 4.97. The molecule has 0 bridgehead atoms. The van der Waals surface area contributed by atoms with E-state index in [0.29, 0.717) is 23.8 Å². The molecule has 1 heterocycles. The number of carbonyl (C=O) groups is 1. The fraction of sp³-hybridized carbons (Fsp3) is 0.167. The highest BCUT2D eigenvalue weighted by molar-refractivity contribution is 7.18. The summed E-state index contributed by atoms with van der Waals surface area (Å²) in [6.45, 7) is 2.42. The molecular formula is C12H11F3N4OS. The van der Waals surface area contributed by atoms with E-state index < -0.39 is 29.0 Å². The van der Waals surface area contributed by atoms with Gasteiger partial charge in [-0.3, -0.25) is 4.79 Å². The van der Waals surface area contributed by atoms with Gasteiger partial charge < -0.3 is 16.4 Å². The molecule has 0 aliphatic carbocycles. The molecule has 4 N–H and O–H groups in total. The lowest BCUT2D eigenvalue weighted by Crippen LogP contribution is -2.14. The van der Waals surface area contributed by atoms with E-state index in [1.54, 1.807) is 0 Å². The van der Waals surface area contributed by atoms with Crippen LogP contribution in [0.1, 0.15) is 16.6 Å². The monoisotopic (exact) mass is 316 g/mol. The highest BCUT2D eigenvalue weighted by atomic mass is 32.1. The van der Waals surface area contributed by atoms with Gasteiger partial charge in [0.1, 0.15) is 16.5 Å². The van der Waals surface area contributed by atoms with E-state index in [9.17, 15) is 18.0 Å². The number of aromatic nitrogens is 1. The van der Waals surface area contributed by atoms with Crippen molar-refractivity contribution in [2.24, 2.45) is 0 Å². The molecule has 0 saturated carbocycles. The Labute approximate surface area is 122 Å². The summed E-state index contributed by atoms with van der Waals surface area (Å²) < 4.78 is 39.6. The number of nitrogens with one attached hydrogen (secondary N) is 2. The number of nitrogens with two attached hydrogens (primary N) is 1. The van der Waals surface area contributed by atoms with Gasteiger partial charge >= 0.3 is 0 Å². The lowest BCUT2D eigenvalue weighted by Gasteiger charge is -2.06. The Morgan fingerprint density at radius 3 is 2.76 bits per heavy atom. The van der Waals surface area contributed by atoms with E-state index in [0.717, 1.165) is 11.3 Å². The molecule has 0 saturated heterocycles. The van der Waals surface area contributed by atoms with Crippen molar-refractivity contribution in [1.82, 2.24) is 4.98 Å². The van der Waals surface area contributed by atoms with Crippen LogP contribution < -0.4 is 16.4 Å². The minimum Gasteiger partial charge on any atom is -0.382 e. The summed E-state index contributed by atoms with van der Waals surface area (Å²) in [7, 11) is 0. The molecular weight excluding hydrogens is 305 g/mol. The summed E-state index contributed by atoms with van der Waals surface area (Å²) >= 11 is 0.956. The van der Waals surface area contributed by atoms with Crippen LogP contribution in [0.25, 0.3) is 0 Å². The maximum Gasteiger partial charge on any atom is 0.269 e. The van der Waals surface area contributed by atoms with Crippen LogP contribution >= 0.6 is 11.3 Å². The quantitative estimate of drug-likeness (QED) is 0.758. The standard InChI is InChI=1S/C12H11F3N4OS/c1-2-17-12-19-10(16)9(21-12)11(20)18-7-4-5(13)3-6(14)8(7)15/h3-4H,2,16H2,1H3,(H,17,19)(H,18,20). The molecule has 5 nitrogen and oxygen atoms in total. The van der Waals surface area contributed by atoms with Gasteiger partial charge in [0.2, 0.25) is 0 Å². The summed E-state index contributed by atoms with van der Waals surface area (Å²) in [5, 5.41) is 5.37. The highest BCUT2D eigenvalue weighted by Crippen LogP contribution is 2.27. The number of nitrogens with zero attached hydrogens (tertiary/aromatic N) is 1. The number of thiazole rings is 1. The van der Waals surface area contributed by atoms with Gasteiger partial charge in [0.15, 0.2) is 16.8 Å². The van der Waals surface area contributed by atoms with Crippen LogP contribution in [0.4, 0.5) is 29.8 Å². The minimum atomic E-state index is -1.39. The van der Waals surface area contributed by atoms with Crippen LogP contribution in [0.2, 0.25) is 0 Å². The summed E-state index contributed by atoms with van der Waals surface area (Å²) in [5.74, 6) is -4.59. The van der Waals surface area contributed by atoms with E-state index in [4.69, 9.17) is 5.73 Å². The van der Waals surface area contributed by atoms with Crippen molar-refractivity contribution in [2.45, 2.75) is 6.92 Å². The summed E-state index contributed by atoms with van der Waals surface area (Å²) in [4.78, 5) is 15.9. The second-order valence-electron chi connectivity index (χ2n) is 3.97. The van der Waals surface area contributed by atoms with E-state index in [1.165, 1.54) is 0 Å². The van der Waals surface area contributed by atoms with Crippen molar-refractivity contribution in [3.05, 3.63) is 34.5 Å². The van der Waals surface area contributed by atoms with Gasteiger partial charge in [0, 0.05) is 18.7 Å². The van der Waals surface area contributed by atoms with Crippen molar-refractivity contribution in [1.29, 1.82) is 0 Å². The van der Waals surface area contributed by atoms with Gasteiger partial charge in [0.05, 0.1) is 5.69 Å². The topological polar surface area (TPSA) is 80.0 Å². The number of nitrogen functional groups attached to an aromatic ring is 1. The molecule has 1 aromatic heterocycles. The Balaban J connectivity index is 2.26. The number of carbonyl (C=O) groups excluding carboxylic acids is 1. The van der Waals surface area contributed by atoms with Crippen molar-refractivity contribution < 1.29 is 18.0 Å². The van der Waals surface area contributed by atoms with E-state index in [1.807, 2.05) is 6.92 Å². The second kappa shape index (κ2) is 6.00. The third-order valence-electron chi connectivity index (χ3n) is 2.43. The van der Waals surface area contributed by atoms with Crippen molar-refractivity contribution in [2.75, 3.05) is 22.9 Å². The van der Waals surface area contributed by atoms with Crippen LogP contribution in [0, 0.1) is 17.5 Å². The molecule has 112 valence electrons. The van der Waals surface area contributed by atoms with Gasteiger partial charge in [0.25, 0.3) is 5.91 Å². The lowest BCUT2D eigenvalue weighted by molar-refractivity contribution is 0.103. The maximum absolute atomic E-state index is 13.5. The Hall–Kier alpha value is -2.29. The first-order chi connectivity index (χ1) is 9.92. The molecule has 0 aliphatic heterocycles. The molecule has 0 unspecified atom stereocenters. The van der Waals surface area contributed by atoms with Crippen LogP contribution in [0.3, 0.4) is 0 Å². The predicted molar refractivity (Wildman–Crippen MR) is 75.0 cm³/mol. The molecule has 9 heteroatoms. The average Bonchev–Trinajstić information content (AvgIpc) is 2.77. The first-order valence-electron chi connectivity index (χ1n) is 5.88. The van der Waals surface area contributed by atoms with Crippen molar-refractivity contribution in [3.63, 3.8) is 0 Å². The van der Waals surface area contributed by atoms with E-state index in [-0.39, 0.29) is 10.7 Å². The molecule has 2 aromatic rings. The zero-order valence-corrected chi connectivity index (χ0v) is 11.7. The molecule has 21 heavy (non-hydrogen) atoms. The SMILES string of the molecule is CCNc1nc(N)c(C(=O)Nc2cc(F)cc(F)c2F)s1. The zero-order valence-electron chi connectivity index (χ0n) is 10.8. The third kappa shape index (κ3) is 3.24.